The molecule has 0 radical (unpaired) electrons. The summed E-state index contributed by atoms with van der Waals surface area (Å²) in [6.07, 6.45) is 0. The molecule has 3 N–H and O–H groups in total. The Labute approximate surface area is 103 Å². The van der Waals surface area contributed by atoms with Crippen molar-refractivity contribution in [2.75, 3.05) is 11.1 Å². The minimum Gasteiger partial charge on any atom is -0.399 e. The van der Waals surface area contributed by atoms with E-state index in [4.69, 9.17) is 10.3 Å². The number of nitrogens with two attached hydrogens (primary N) is 1. The fraction of sp³-hybridized carbons (Fsp3) is 0.167. The Morgan fingerprint density at radius 3 is 2.78 bits per heavy atom. The van der Waals surface area contributed by atoms with Crippen molar-refractivity contribution in [3.05, 3.63) is 40.8 Å². The van der Waals surface area contributed by atoms with Gasteiger partial charge in [-0.25, -0.2) is 4.39 Å². The van der Waals surface area contributed by atoms with Gasteiger partial charge in [0.1, 0.15) is 5.82 Å². The van der Waals surface area contributed by atoms with Crippen LogP contribution in [0.4, 0.5) is 16.0 Å². The number of rotatable bonds is 2. The number of benzene rings is 1. The Morgan fingerprint density at radius 2 is 2.17 bits per heavy atom. The van der Waals surface area contributed by atoms with E-state index < -0.39 is 11.7 Å². The van der Waals surface area contributed by atoms with E-state index in [0.29, 0.717) is 16.9 Å². The quantitative estimate of drug-likeness (QED) is 0.800. The van der Waals surface area contributed by atoms with Crippen molar-refractivity contribution in [2.24, 2.45) is 0 Å². The standard InChI is InChI=1S/C12H12FN3O2/c1-6-7(2)16-18-12(6)15-11(17)9-5-8(14)3-4-10(9)13/h3-5H,14H2,1-2H3,(H,15,17). The highest BCUT2D eigenvalue weighted by Gasteiger charge is 2.16. The third-order valence-electron chi connectivity index (χ3n) is 2.62. The van der Waals surface area contributed by atoms with E-state index in [9.17, 15) is 9.18 Å². The fourth-order valence-corrected chi connectivity index (χ4v) is 1.42. The van der Waals surface area contributed by atoms with Gasteiger partial charge in [-0.15, -0.1) is 0 Å². The lowest BCUT2D eigenvalue weighted by Crippen LogP contribution is -2.14. The molecule has 1 aromatic carbocycles. The van der Waals surface area contributed by atoms with Crippen molar-refractivity contribution in [2.45, 2.75) is 13.8 Å². The third kappa shape index (κ3) is 2.17. The first kappa shape index (κ1) is 12.1. The van der Waals surface area contributed by atoms with Crippen molar-refractivity contribution in [1.82, 2.24) is 5.16 Å². The number of halogens is 1. The van der Waals surface area contributed by atoms with E-state index in [1.54, 1.807) is 13.8 Å². The van der Waals surface area contributed by atoms with Crippen LogP contribution in [0.15, 0.2) is 22.7 Å². The average Bonchev–Trinajstić information content (AvgIpc) is 2.64. The maximum Gasteiger partial charge on any atom is 0.261 e. The Morgan fingerprint density at radius 1 is 1.44 bits per heavy atom. The summed E-state index contributed by atoms with van der Waals surface area (Å²) in [4.78, 5) is 11.9. The molecule has 6 heteroatoms. The molecule has 0 unspecified atom stereocenters. The van der Waals surface area contributed by atoms with E-state index in [2.05, 4.69) is 10.5 Å². The predicted molar refractivity (Wildman–Crippen MR) is 64.7 cm³/mol. The highest BCUT2D eigenvalue weighted by molar-refractivity contribution is 6.04. The molecule has 2 rings (SSSR count). The summed E-state index contributed by atoms with van der Waals surface area (Å²) < 4.78 is 18.4. The van der Waals surface area contributed by atoms with Crippen LogP contribution >= 0.6 is 0 Å². The second-order valence-electron chi connectivity index (χ2n) is 3.92. The predicted octanol–water partition coefficient (Wildman–Crippen LogP) is 2.27. The number of anilines is 2. The second kappa shape index (κ2) is 4.48. The minimum atomic E-state index is -0.643. The van der Waals surface area contributed by atoms with Crippen LogP contribution in [0.3, 0.4) is 0 Å². The first-order chi connectivity index (χ1) is 8.49. The van der Waals surface area contributed by atoms with Gasteiger partial charge in [0, 0.05) is 11.3 Å². The van der Waals surface area contributed by atoms with Crippen LogP contribution in [0.1, 0.15) is 21.6 Å². The molecule has 0 spiro atoms. The number of carbonyl (C=O) groups excluding carboxylic acids is 1. The van der Waals surface area contributed by atoms with Gasteiger partial charge in [0.05, 0.1) is 11.3 Å². The lowest BCUT2D eigenvalue weighted by atomic mass is 10.1. The van der Waals surface area contributed by atoms with Crippen molar-refractivity contribution < 1.29 is 13.7 Å². The molecule has 1 amide bonds. The number of nitrogen functional groups attached to an aromatic ring is 1. The molecular formula is C12H12FN3O2. The Bertz CT molecular complexity index is 607. The topological polar surface area (TPSA) is 81.2 Å². The molecule has 18 heavy (non-hydrogen) atoms. The van der Waals surface area contributed by atoms with E-state index >= 15 is 0 Å². The van der Waals surface area contributed by atoms with E-state index in [0.717, 1.165) is 6.07 Å². The van der Waals surface area contributed by atoms with E-state index in [1.165, 1.54) is 12.1 Å². The fourth-order valence-electron chi connectivity index (χ4n) is 1.42. The second-order valence-corrected chi connectivity index (χ2v) is 3.92. The van der Waals surface area contributed by atoms with Crippen molar-refractivity contribution in [3.8, 4) is 0 Å². The van der Waals surface area contributed by atoms with Crippen LogP contribution in [0.25, 0.3) is 0 Å². The summed E-state index contributed by atoms with van der Waals surface area (Å²) in [6.45, 7) is 3.49. The van der Waals surface area contributed by atoms with Crippen LogP contribution in [0, 0.1) is 19.7 Å². The molecular weight excluding hydrogens is 237 g/mol. The summed E-state index contributed by atoms with van der Waals surface area (Å²) in [5, 5.41) is 6.15. The van der Waals surface area contributed by atoms with Gasteiger partial charge < -0.3 is 10.3 Å². The maximum absolute atomic E-state index is 13.5. The lowest BCUT2D eigenvalue weighted by molar-refractivity contribution is 0.102. The van der Waals surface area contributed by atoms with Crippen LogP contribution in [0.5, 0.6) is 0 Å². The zero-order chi connectivity index (χ0) is 13.3. The van der Waals surface area contributed by atoms with Gasteiger partial charge in [-0.2, -0.15) is 0 Å². The van der Waals surface area contributed by atoms with Crippen LogP contribution in [-0.2, 0) is 0 Å². The zero-order valence-corrected chi connectivity index (χ0v) is 9.95. The molecule has 0 aliphatic rings. The Balaban J connectivity index is 2.27. The molecule has 1 heterocycles. The Kier molecular flexibility index (Phi) is 3.01. The zero-order valence-electron chi connectivity index (χ0n) is 9.95. The molecule has 5 nitrogen and oxygen atoms in total. The molecule has 0 bridgehead atoms. The van der Waals surface area contributed by atoms with Gasteiger partial charge in [-0.3, -0.25) is 10.1 Å². The normalized spacial score (nSPS) is 10.4. The first-order valence-electron chi connectivity index (χ1n) is 5.28. The highest BCUT2D eigenvalue weighted by atomic mass is 19.1. The maximum atomic E-state index is 13.5. The highest BCUT2D eigenvalue weighted by Crippen LogP contribution is 2.19. The number of aromatic nitrogens is 1. The van der Waals surface area contributed by atoms with Crippen molar-refractivity contribution >= 4 is 17.5 Å². The SMILES string of the molecule is Cc1noc(NC(=O)c2cc(N)ccc2F)c1C. The minimum absolute atomic E-state index is 0.136. The number of nitrogens with one attached hydrogen (secondary N) is 1. The largest absolute Gasteiger partial charge is 0.399 e. The summed E-state index contributed by atoms with van der Waals surface area (Å²) in [7, 11) is 0. The van der Waals surface area contributed by atoms with Crippen LogP contribution in [0.2, 0.25) is 0 Å². The summed E-state index contributed by atoms with van der Waals surface area (Å²) in [6, 6.07) is 3.79. The van der Waals surface area contributed by atoms with E-state index in [-0.39, 0.29) is 11.4 Å². The molecule has 0 aliphatic heterocycles. The number of hydrogen-bond acceptors (Lipinski definition) is 4. The number of carbonyl (C=O) groups is 1. The lowest BCUT2D eigenvalue weighted by Gasteiger charge is -2.04. The molecule has 1 aromatic heterocycles. The van der Waals surface area contributed by atoms with Gasteiger partial charge in [0.25, 0.3) is 5.91 Å². The number of nitrogens with zero attached hydrogens (tertiary/aromatic N) is 1. The smallest absolute Gasteiger partial charge is 0.261 e. The molecule has 0 fully saturated rings. The monoisotopic (exact) mass is 249 g/mol. The van der Waals surface area contributed by atoms with Crippen molar-refractivity contribution in [3.63, 3.8) is 0 Å². The molecule has 2 aromatic rings. The third-order valence-corrected chi connectivity index (χ3v) is 2.62. The van der Waals surface area contributed by atoms with Crippen LogP contribution < -0.4 is 11.1 Å². The molecule has 94 valence electrons. The Hall–Kier alpha value is -2.37. The number of hydrogen-bond donors (Lipinski definition) is 2. The van der Waals surface area contributed by atoms with Gasteiger partial charge in [-0.05, 0) is 32.0 Å². The van der Waals surface area contributed by atoms with Gasteiger partial charge >= 0.3 is 0 Å². The van der Waals surface area contributed by atoms with Crippen LogP contribution in [-0.4, -0.2) is 11.1 Å². The number of aryl methyl sites for hydroxylation is 1. The van der Waals surface area contributed by atoms with E-state index in [1.807, 2.05) is 0 Å². The number of amides is 1. The summed E-state index contributed by atoms with van der Waals surface area (Å²) in [5.74, 6) is -1.06. The average molecular weight is 249 g/mol. The van der Waals surface area contributed by atoms with Gasteiger partial charge in [0.2, 0.25) is 5.88 Å². The van der Waals surface area contributed by atoms with Gasteiger partial charge in [-0.1, -0.05) is 5.16 Å². The molecule has 0 saturated carbocycles. The molecule has 0 aliphatic carbocycles. The first-order valence-corrected chi connectivity index (χ1v) is 5.28. The summed E-state index contributed by atoms with van der Waals surface area (Å²) >= 11 is 0. The van der Waals surface area contributed by atoms with Gasteiger partial charge in [0.15, 0.2) is 0 Å². The molecule has 0 saturated heterocycles. The van der Waals surface area contributed by atoms with Crippen molar-refractivity contribution in [1.29, 1.82) is 0 Å². The summed E-state index contributed by atoms with van der Waals surface area (Å²) in [5.41, 5.74) is 7.05. The molecule has 0 atom stereocenters.